The molecule has 3 aromatic rings. The molecule has 6 heteroatoms. The number of aliphatic hydroxyl groups is 1. The summed E-state index contributed by atoms with van der Waals surface area (Å²) in [4.78, 5) is 16.4. The Balaban J connectivity index is 2.12. The minimum atomic E-state index is -0.644. The largest absolute Gasteiger partial charge is 0.502 e. The van der Waals surface area contributed by atoms with Gasteiger partial charge < -0.3 is 19.9 Å². The summed E-state index contributed by atoms with van der Waals surface area (Å²) in [7, 11) is 0. The number of rotatable bonds is 5. The third-order valence-electron chi connectivity index (χ3n) is 3.73. The van der Waals surface area contributed by atoms with Gasteiger partial charge in [-0.3, -0.25) is 4.79 Å². The molecular weight excluding hydrogens is 320 g/mol. The number of benzene rings is 1. The molecule has 0 aliphatic rings. The van der Waals surface area contributed by atoms with Gasteiger partial charge in [0, 0.05) is 11.8 Å². The maximum absolute atomic E-state index is 12.0. The molecule has 0 bridgehead atoms. The molecule has 128 valence electrons. The van der Waals surface area contributed by atoms with Crippen molar-refractivity contribution in [2.24, 2.45) is 0 Å². The summed E-state index contributed by atoms with van der Waals surface area (Å²) >= 11 is 0. The molecule has 0 aliphatic carbocycles. The van der Waals surface area contributed by atoms with Gasteiger partial charge in [-0.2, -0.15) is 0 Å². The molecule has 0 radical (unpaired) electrons. The van der Waals surface area contributed by atoms with Crippen LogP contribution in [0.15, 0.2) is 63.8 Å². The second kappa shape index (κ2) is 7.19. The SMILES string of the molecule is Cc1cccc(NC(c2ccccc2)c2oc(CO)cc(=O)c2O)n1. The first-order chi connectivity index (χ1) is 12.1. The van der Waals surface area contributed by atoms with Crippen molar-refractivity contribution in [1.82, 2.24) is 4.98 Å². The van der Waals surface area contributed by atoms with Crippen molar-refractivity contribution in [2.45, 2.75) is 19.6 Å². The fourth-order valence-electron chi connectivity index (χ4n) is 2.55. The normalized spacial score (nSPS) is 11.9. The lowest BCUT2D eigenvalue weighted by Gasteiger charge is -2.20. The molecule has 1 atom stereocenters. The van der Waals surface area contributed by atoms with Gasteiger partial charge in [0.15, 0.2) is 5.76 Å². The molecule has 0 aliphatic heterocycles. The van der Waals surface area contributed by atoms with Gasteiger partial charge in [-0.15, -0.1) is 0 Å². The quantitative estimate of drug-likeness (QED) is 0.662. The maximum atomic E-state index is 12.0. The summed E-state index contributed by atoms with van der Waals surface area (Å²) in [6.45, 7) is 1.43. The molecule has 25 heavy (non-hydrogen) atoms. The summed E-state index contributed by atoms with van der Waals surface area (Å²) in [5.74, 6) is 0.195. The Bertz CT molecular complexity index is 922. The average molecular weight is 338 g/mol. The van der Waals surface area contributed by atoms with E-state index >= 15 is 0 Å². The third kappa shape index (κ3) is 3.70. The van der Waals surface area contributed by atoms with Gasteiger partial charge in [-0.1, -0.05) is 36.4 Å². The smallest absolute Gasteiger partial charge is 0.227 e. The van der Waals surface area contributed by atoms with Gasteiger partial charge in [0.2, 0.25) is 11.2 Å². The zero-order valence-corrected chi connectivity index (χ0v) is 13.6. The Morgan fingerprint density at radius 3 is 2.60 bits per heavy atom. The van der Waals surface area contributed by atoms with E-state index in [1.807, 2.05) is 49.4 Å². The summed E-state index contributed by atoms with van der Waals surface area (Å²) in [5, 5.41) is 22.7. The number of hydrogen-bond acceptors (Lipinski definition) is 6. The number of aromatic nitrogens is 1. The number of nitrogens with one attached hydrogen (secondary N) is 1. The Labute approximate surface area is 144 Å². The summed E-state index contributed by atoms with van der Waals surface area (Å²) in [6, 6.07) is 15.2. The molecule has 1 aromatic carbocycles. The number of pyridine rings is 1. The Morgan fingerprint density at radius 1 is 1.16 bits per heavy atom. The third-order valence-corrected chi connectivity index (χ3v) is 3.73. The van der Waals surface area contributed by atoms with Crippen molar-refractivity contribution in [1.29, 1.82) is 0 Å². The van der Waals surface area contributed by atoms with E-state index in [-0.39, 0.29) is 11.5 Å². The average Bonchev–Trinajstić information content (AvgIpc) is 2.63. The number of aromatic hydroxyl groups is 1. The lowest BCUT2D eigenvalue weighted by molar-refractivity contribution is 0.234. The van der Waals surface area contributed by atoms with Crippen molar-refractivity contribution in [3.8, 4) is 5.75 Å². The fourth-order valence-corrected chi connectivity index (χ4v) is 2.55. The number of hydrogen-bond donors (Lipinski definition) is 3. The molecule has 0 saturated heterocycles. The van der Waals surface area contributed by atoms with Crippen molar-refractivity contribution >= 4 is 5.82 Å². The molecule has 0 saturated carbocycles. The molecule has 1 unspecified atom stereocenters. The standard InChI is InChI=1S/C19H18N2O4/c1-12-6-5-9-16(20-12)21-17(13-7-3-2-4-8-13)19-18(24)15(23)10-14(11-22)25-19/h2-10,17,22,24H,11H2,1H3,(H,20,21). The van der Waals surface area contributed by atoms with Gasteiger partial charge in [-0.05, 0) is 24.6 Å². The van der Waals surface area contributed by atoms with Crippen LogP contribution in [-0.4, -0.2) is 15.2 Å². The number of aryl methyl sites for hydroxylation is 1. The predicted octanol–water partition coefficient (Wildman–Crippen LogP) is 2.74. The molecule has 2 heterocycles. The first-order valence-electron chi connectivity index (χ1n) is 7.80. The van der Waals surface area contributed by atoms with Crippen LogP contribution in [0.1, 0.15) is 28.8 Å². The first kappa shape index (κ1) is 16.7. The number of nitrogens with zero attached hydrogens (tertiary/aromatic N) is 1. The van der Waals surface area contributed by atoms with Crippen LogP contribution in [0, 0.1) is 6.92 Å². The lowest BCUT2D eigenvalue weighted by Crippen LogP contribution is -2.17. The van der Waals surface area contributed by atoms with E-state index in [1.54, 1.807) is 6.07 Å². The van der Waals surface area contributed by atoms with Gasteiger partial charge in [0.05, 0.1) is 0 Å². The van der Waals surface area contributed by atoms with Crippen molar-refractivity contribution < 1.29 is 14.6 Å². The van der Waals surface area contributed by atoms with E-state index in [1.165, 1.54) is 0 Å². The highest BCUT2D eigenvalue weighted by molar-refractivity contribution is 5.45. The predicted molar refractivity (Wildman–Crippen MR) is 93.4 cm³/mol. The van der Waals surface area contributed by atoms with Crippen LogP contribution in [0.5, 0.6) is 5.75 Å². The molecule has 6 nitrogen and oxygen atoms in total. The molecule has 2 aromatic heterocycles. The van der Waals surface area contributed by atoms with E-state index in [0.29, 0.717) is 5.82 Å². The van der Waals surface area contributed by atoms with Crippen LogP contribution < -0.4 is 10.7 Å². The monoisotopic (exact) mass is 338 g/mol. The van der Waals surface area contributed by atoms with Gasteiger partial charge in [-0.25, -0.2) is 4.98 Å². The van der Waals surface area contributed by atoms with E-state index in [9.17, 15) is 15.0 Å². The van der Waals surface area contributed by atoms with Crippen LogP contribution in [0.4, 0.5) is 5.82 Å². The highest BCUT2D eigenvalue weighted by Gasteiger charge is 2.23. The topological polar surface area (TPSA) is 95.6 Å². The zero-order chi connectivity index (χ0) is 17.8. The van der Waals surface area contributed by atoms with Gasteiger partial charge >= 0.3 is 0 Å². The second-order valence-electron chi connectivity index (χ2n) is 5.60. The van der Waals surface area contributed by atoms with Crippen molar-refractivity contribution in [3.63, 3.8) is 0 Å². The van der Waals surface area contributed by atoms with Crippen LogP contribution in [0.3, 0.4) is 0 Å². The molecular formula is C19H18N2O4. The minimum absolute atomic E-state index is 0.0334. The molecule has 0 amide bonds. The Morgan fingerprint density at radius 2 is 1.92 bits per heavy atom. The lowest BCUT2D eigenvalue weighted by atomic mass is 10.0. The minimum Gasteiger partial charge on any atom is -0.502 e. The van der Waals surface area contributed by atoms with Gasteiger partial charge in [0.1, 0.15) is 24.2 Å². The van der Waals surface area contributed by atoms with Crippen LogP contribution in [0.2, 0.25) is 0 Å². The Kier molecular flexibility index (Phi) is 4.81. The van der Waals surface area contributed by atoms with Crippen molar-refractivity contribution in [3.05, 3.63) is 87.6 Å². The van der Waals surface area contributed by atoms with Crippen molar-refractivity contribution in [2.75, 3.05) is 5.32 Å². The molecule has 0 fully saturated rings. The van der Waals surface area contributed by atoms with Crippen LogP contribution in [-0.2, 0) is 6.61 Å². The maximum Gasteiger partial charge on any atom is 0.227 e. The first-order valence-corrected chi connectivity index (χ1v) is 7.80. The highest BCUT2D eigenvalue weighted by Crippen LogP contribution is 2.31. The summed E-state index contributed by atoms with van der Waals surface area (Å²) in [6.07, 6.45) is 0. The molecule has 0 spiro atoms. The zero-order valence-electron chi connectivity index (χ0n) is 13.6. The second-order valence-corrected chi connectivity index (χ2v) is 5.60. The Hall–Kier alpha value is -3.12. The van der Waals surface area contributed by atoms with Crippen LogP contribution in [0.25, 0.3) is 0 Å². The summed E-state index contributed by atoms with van der Waals surface area (Å²) < 4.78 is 5.57. The van der Waals surface area contributed by atoms with E-state index < -0.39 is 23.8 Å². The van der Waals surface area contributed by atoms with Gasteiger partial charge in [0.25, 0.3) is 0 Å². The fraction of sp³-hybridized carbons (Fsp3) is 0.158. The van der Waals surface area contributed by atoms with E-state index in [2.05, 4.69) is 10.3 Å². The molecule has 3 N–H and O–H groups in total. The number of anilines is 1. The number of aliphatic hydroxyl groups excluding tert-OH is 1. The van der Waals surface area contributed by atoms with Crippen LogP contribution >= 0.6 is 0 Å². The molecule has 3 rings (SSSR count). The highest BCUT2D eigenvalue weighted by atomic mass is 16.4. The van der Waals surface area contributed by atoms with E-state index in [4.69, 9.17) is 4.42 Å². The summed E-state index contributed by atoms with van der Waals surface area (Å²) in [5.41, 5.74) is 0.996. The van der Waals surface area contributed by atoms with E-state index in [0.717, 1.165) is 17.3 Å².